The quantitative estimate of drug-likeness (QED) is 0.648. The number of nitrogens with one attached hydrogen (secondary N) is 1. The lowest BCUT2D eigenvalue weighted by Gasteiger charge is -2.11. The van der Waals surface area contributed by atoms with Crippen LogP contribution in [-0.2, 0) is 4.79 Å². The summed E-state index contributed by atoms with van der Waals surface area (Å²) in [7, 11) is 1.34. The number of hydrogen-bond donors (Lipinski definition) is 1. The van der Waals surface area contributed by atoms with Gasteiger partial charge in [-0.25, -0.2) is 0 Å². The molecule has 126 valence electrons. The van der Waals surface area contributed by atoms with Crippen molar-refractivity contribution in [3.05, 3.63) is 57.6 Å². The number of nitro benzene ring substituents is 1. The minimum absolute atomic E-state index is 0.0837. The molecule has 0 saturated carbocycles. The summed E-state index contributed by atoms with van der Waals surface area (Å²) in [6.07, 6.45) is 0. The Morgan fingerprint density at radius 3 is 2.46 bits per heavy atom. The molecule has 0 aliphatic rings. The van der Waals surface area contributed by atoms with Gasteiger partial charge in [0.1, 0.15) is 5.75 Å². The third kappa shape index (κ3) is 4.22. The van der Waals surface area contributed by atoms with Crippen LogP contribution in [0.5, 0.6) is 11.5 Å². The smallest absolute Gasteiger partial charge is 0.311 e. The summed E-state index contributed by atoms with van der Waals surface area (Å²) >= 11 is 0. The standard InChI is InChI=1S/C17H18N2O5/c1-11-4-6-13(7-5-11)24-10-17(20)18-14-9-16(23-3)15(19(21)22)8-12(14)2/h4-9H,10H2,1-3H3,(H,18,20). The normalized spacial score (nSPS) is 10.1. The molecule has 24 heavy (non-hydrogen) atoms. The molecule has 0 saturated heterocycles. The molecule has 0 aromatic heterocycles. The van der Waals surface area contributed by atoms with Gasteiger partial charge in [-0.1, -0.05) is 17.7 Å². The number of nitrogens with zero attached hydrogens (tertiary/aromatic N) is 1. The maximum Gasteiger partial charge on any atom is 0.311 e. The number of anilines is 1. The van der Waals surface area contributed by atoms with E-state index in [2.05, 4.69) is 5.32 Å². The van der Waals surface area contributed by atoms with Crippen LogP contribution in [-0.4, -0.2) is 24.5 Å². The monoisotopic (exact) mass is 330 g/mol. The van der Waals surface area contributed by atoms with Crippen molar-refractivity contribution in [1.29, 1.82) is 0 Å². The molecule has 0 aliphatic carbocycles. The van der Waals surface area contributed by atoms with Crippen LogP contribution >= 0.6 is 0 Å². The Hall–Kier alpha value is -3.09. The van der Waals surface area contributed by atoms with Crippen molar-refractivity contribution in [3.63, 3.8) is 0 Å². The summed E-state index contributed by atoms with van der Waals surface area (Å²) in [5.74, 6) is 0.309. The molecule has 0 spiro atoms. The number of carbonyl (C=O) groups is 1. The third-order valence-electron chi connectivity index (χ3n) is 3.39. The fourth-order valence-electron chi connectivity index (χ4n) is 2.08. The van der Waals surface area contributed by atoms with E-state index in [0.29, 0.717) is 17.0 Å². The second-order valence-electron chi connectivity index (χ2n) is 5.25. The van der Waals surface area contributed by atoms with Crippen molar-refractivity contribution < 1.29 is 19.2 Å². The Morgan fingerprint density at radius 2 is 1.88 bits per heavy atom. The summed E-state index contributed by atoms with van der Waals surface area (Å²) in [5.41, 5.74) is 1.95. The van der Waals surface area contributed by atoms with Gasteiger partial charge < -0.3 is 14.8 Å². The number of hydrogen-bond acceptors (Lipinski definition) is 5. The zero-order chi connectivity index (χ0) is 17.7. The summed E-state index contributed by atoms with van der Waals surface area (Å²) in [6, 6.07) is 10.1. The van der Waals surface area contributed by atoms with Crippen molar-refractivity contribution in [2.24, 2.45) is 0 Å². The molecule has 1 amide bonds. The molecule has 0 heterocycles. The van der Waals surface area contributed by atoms with Crippen LogP contribution in [0.1, 0.15) is 11.1 Å². The van der Waals surface area contributed by atoms with Crippen LogP contribution in [0.15, 0.2) is 36.4 Å². The van der Waals surface area contributed by atoms with Crippen molar-refractivity contribution in [2.75, 3.05) is 19.0 Å². The first-order valence-electron chi connectivity index (χ1n) is 7.23. The molecule has 7 heteroatoms. The fourth-order valence-corrected chi connectivity index (χ4v) is 2.08. The first-order chi connectivity index (χ1) is 11.4. The lowest BCUT2D eigenvalue weighted by molar-refractivity contribution is -0.385. The first-order valence-corrected chi connectivity index (χ1v) is 7.23. The SMILES string of the molecule is COc1cc(NC(=O)COc2ccc(C)cc2)c(C)cc1[N+](=O)[O-]. The molecule has 1 N–H and O–H groups in total. The topological polar surface area (TPSA) is 90.7 Å². The lowest BCUT2D eigenvalue weighted by atomic mass is 10.1. The van der Waals surface area contributed by atoms with Gasteiger partial charge in [0.15, 0.2) is 12.4 Å². The van der Waals surface area contributed by atoms with Crippen LogP contribution in [0, 0.1) is 24.0 Å². The minimum Gasteiger partial charge on any atom is -0.490 e. The molecule has 2 aromatic rings. The van der Waals surface area contributed by atoms with Gasteiger partial charge in [-0.3, -0.25) is 14.9 Å². The lowest BCUT2D eigenvalue weighted by Crippen LogP contribution is -2.20. The number of aryl methyl sites for hydroxylation is 2. The predicted octanol–water partition coefficient (Wildman–Crippen LogP) is 3.24. The van der Waals surface area contributed by atoms with E-state index >= 15 is 0 Å². The molecule has 2 aromatic carbocycles. The Morgan fingerprint density at radius 1 is 1.21 bits per heavy atom. The minimum atomic E-state index is -0.530. The highest BCUT2D eigenvalue weighted by Crippen LogP contribution is 2.32. The molecular weight excluding hydrogens is 312 g/mol. The summed E-state index contributed by atoms with van der Waals surface area (Å²) in [5, 5.41) is 13.6. The van der Waals surface area contributed by atoms with E-state index in [0.717, 1.165) is 5.56 Å². The van der Waals surface area contributed by atoms with Gasteiger partial charge in [0, 0.05) is 17.8 Å². The van der Waals surface area contributed by atoms with Crippen LogP contribution < -0.4 is 14.8 Å². The Labute approximate surface area is 139 Å². The maximum atomic E-state index is 12.0. The summed E-state index contributed by atoms with van der Waals surface area (Å²) in [4.78, 5) is 22.5. The van der Waals surface area contributed by atoms with E-state index in [9.17, 15) is 14.9 Å². The number of ether oxygens (including phenoxy) is 2. The Kier molecular flexibility index (Phi) is 5.36. The van der Waals surface area contributed by atoms with Gasteiger partial charge in [-0.15, -0.1) is 0 Å². The molecule has 0 radical (unpaired) electrons. The van der Waals surface area contributed by atoms with Crippen LogP contribution in [0.25, 0.3) is 0 Å². The van der Waals surface area contributed by atoms with E-state index in [-0.39, 0.29) is 24.0 Å². The highest BCUT2D eigenvalue weighted by molar-refractivity contribution is 5.93. The Bertz CT molecular complexity index is 756. The van der Waals surface area contributed by atoms with E-state index < -0.39 is 4.92 Å². The van der Waals surface area contributed by atoms with Crippen molar-refractivity contribution in [1.82, 2.24) is 0 Å². The summed E-state index contributed by atoms with van der Waals surface area (Å²) in [6.45, 7) is 3.46. The van der Waals surface area contributed by atoms with Crippen LogP contribution in [0.4, 0.5) is 11.4 Å². The average Bonchev–Trinajstić information content (AvgIpc) is 2.55. The number of rotatable bonds is 6. The largest absolute Gasteiger partial charge is 0.490 e. The zero-order valence-corrected chi connectivity index (χ0v) is 13.7. The van der Waals surface area contributed by atoms with Crippen molar-refractivity contribution in [2.45, 2.75) is 13.8 Å². The average molecular weight is 330 g/mol. The Balaban J connectivity index is 2.05. The van der Waals surface area contributed by atoms with Gasteiger partial charge >= 0.3 is 5.69 Å². The van der Waals surface area contributed by atoms with Gasteiger partial charge in [0.2, 0.25) is 0 Å². The van der Waals surface area contributed by atoms with Crippen molar-refractivity contribution >= 4 is 17.3 Å². The highest BCUT2D eigenvalue weighted by Gasteiger charge is 2.18. The molecule has 0 aliphatic heterocycles. The van der Waals surface area contributed by atoms with E-state index in [4.69, 9.17) is 9.47 Å². The van der Waals surface area contributed by atoms with Gasteiger partial charge in [0.25, 0.3) is 5.91 Å². The number of benzene rings is 2. The van der Waals surface area contributed by atoms with Gasteiger partial charge in [-0.2, -0.15) is 0 Å². The van der Waals surface area contributed by atoms with Gasteiger partial charge in [0.05, 0.1) is 12.0 Å². The second-order valence-corrected chi connectivity index (χ2v) is 5.25. The number of carbonyl (C=O) groups excluding carboxylic acids is 1. The van der Waals surface area contributed by atoms with Crippen molar-refractivity contribution in [3.8, 4) is 11.5 Å². The molecule has 2 rings (SSSR count). The fraction of sp³-hybridized carbons (Fsp3) is 0.235. The van der Waals surface area contributed by atoms with E-state index in [1.54, 1.807) is 19.1 Å². The molecule has 0 unspecified atom stereocenters. The van der Waals surface area contributed by atoms with E-state index in [1.165, 1.54) is 19.2 Å². The van der Waals surface area contributed by atoms with Crippen LogP contribution in [0.2, 0.25) is 0 Å². The maximum absolute atomic E-state index is 12.0. The molecular formula is C17H18N2O5. The molecule has 0 atom stereocenters. The number of amides is 1. The second kappa shape index (κ2) is 7.45. The van der Waals surface area contributed by atoms with Crippen LogP contribution in [0.3, 0.4) is 0 Å². The number of methoxy groups -OCH3 is 1. The van der Waals surface area contributed by atoms with E-state index in [1.807, 2.05) is 19.1 Å². The molecule has 7 nitrogen and oxygen atoms in total. The summed E-state index contributed by atoms with van der Waals surface area (Å²) < 4.78 is 10.4. The molecule has 0 bridgehead atoms. The highest BCUT2D eigenvalue weighted by atomic mass is 16.6. The molecule has 0 fully saturated rings. The zero-order valence-electron chi connectivity index (χ0n) is 13.7. The van der Waals surface area contributed by atoms with Gasteiger partial charge in [-0.05, 0) is 31.5 Å². The third-order valence-corrected chi connectivity index (χ3v) is 3.39. The predicted molar refractivity (Wildman–Crippen MR) is 89.7 cm³/mol. The first kappa shape index (κ1) is 17.3. The number of nitro groups is 1.